The molecule has 0 aliphatic carbocycles. The molecular weight excluding hydrogens is 302 g/mol. The SMILES string of the molecule is Cc1ccc(F)cc1COc1cc(F)ccc1Br. The minimum absolute atomic E-state index is 0.200. The molecule has 4 heteroatoms. The molecule has 0 spiro atoms. The number of hydrogen-bond donors (Lipinski definition) is 0. The molecule has 0 aliphatic rings. The molecule has 0 aliphatic heterocycles. The van der Waals surface area contributed by atoms with Crippen LogP contribution in [0.5, 0.6) is 5.75 Å². The fraction of sp³-hybridized carbons (Fsp3) is 0.143. The zero-order chi connectivity index (χ0) is 13.1. The predicted molar refractivity (Wildman–Crippen MR) is 69.6 cm³/mol. The first kappa shape index (κ1) is 13.0. The van der Waals surface area contributed by atoms with Crippen LogP contribution in [0, 0.1) is 18.6 Å². The van der Waals surface area contributed by atoms with E-state index in [2.05, 4.69) is 15.9 Å². The molecule has 2 rings (SSSR count). The normalized spacial score (nSPS) is 10.4. The number of halogens is 3. The lowest BCUT2D eigenvalue weighted by atomic mass is 10.1. The van der Waals surface area contributed by atoms with E-state index in [1.165, 1.54) is 24.3 Å². The lowest BCUT2D eigenvalue weighted by Gasteiger charge is -2.10. The van der Waals surface area contributed by atoms with Crippen molar-refractivity contribution in [3.63, 3.8) is 0 Å². The summed E-state index contributed by atoms with van der Waals surface area (Å²) >= 11 is 3.27. The molecule has 18 heavy (non-hydrogen) atoms. The Bertz CT molecular complexity index is 518. The molecule has 0 amide bonds. The average molecular weight is 313 g/mol. The zero-order valence-corrected chi connectivity index (χ0v) is 11.3. The van der Waals surface area contributed by atoms with Gasteiger partial charge >= 0.3 is 0 Å². The largest absolute Gasteiger partial charge is 0.488 e. The second-order valence-corrected chi connectivity index (χ2v) is 4.79. The van der Waals surface area contributed by atoms with Crippen molar-refractivity contribution in [2.75, 3.05) is 0 Å². The van der Waals surface area contributed by atoms with Crippen molar-refractivity contribution in [3.05, 3.63) is 63.6 Å². The van der Waals surface area contributed by atoms with E-state index in [-0.39, 0.29) is 18.2 Å². The quantitative estimate of drug-likeness (QED) is 0.804. The molecule has 0 aromatic heterocycles. The predicted octanol–water partition coefficient (Wildman–Crippen LogP) is 4.61. The summed E-state index contributed by atoms with van der Waals surface area (Å²) in [5, 5.41) is 0. The van der Waals surface area contributed by atoms with Gasteiger partial charge in [0.2, 0.25) is 0 Å². The summed E-state index contributed by atoms with van der Waals surface area (Å²) < 4.78 is 32.3. The highest BCUT2D eigenvalue weighted by Crippen LogP contribution is 2.26. The average Bonchev–Trinajstić information content (AvgIpc) is 2.34. The van der Waals surface area contributed by atoms with Gasteiger partial charge in [0.15, 0.2) is 0 Å². The zero-order valence-electron chi connectivity index (χ0n) is 9.71. The first-order valence-corrected chi connectivity index (χ1v) is 6.18. The van der Waals surface area contributed by atoms with E-state index in [0.717, 1.165) is 11.1 Å². The van der Waals surface area contributed by atoms with Gasteiger partial charge in [0.1, 0.15) is 24.0 Å². The maximum atomic E-state index is 13.1. The van der Waals surface area contributed by atoms with E-state index < -0.39 is 0 Å². The van der Waals surface area contributed by atoms with E-state index in [1.807, 2.05) is 6.92 Å². The van der Waals surface area contributed by atoms with Crippen molar-refractivity contribution < 1.29 is 13.5 Å². The monoisotopic (exact) mass is 312 g/mol. The minimum Gasteiger partial charge on any atom is -0.488 e. The van der Waals surface area contributed by atoms with Crippen molar-refractivity contribution in [2.24, 2.45) is 0 Å². The summed E-state index contributed by atoms with van der Waals surface area (Å²) in [6, 6.07) is 8.71. The molecule has 0 unspecified atom stereocenters. The summed E-state index contributed by atoms with van der Waals surface area (Å²) in [6.07, 6.45) is 0. The third-order valence-corrected chi connectivity index (χ3v) is 3.24. The van der Waals surface area contributed by atoms with Crippen LogP contribution >= 0.6 is 15.9 Å². The second-order valence-electron chi connectivity index (χ2n) is 3.93. The molecule has 0 heterocycles. The highest BCUT2D eigenvalue weighted by molar-refractivity contribution is 9.10. The van der Waals surface area contributed by atoms with Crippen LogP contribution in [0.15, 0.2) is 40.9 Å². The number of benzene rings is 2. The first-order valence-electron chi connectivity index (χ1n) is 5.39. The third kappa shape index (κ3) is 3.07. The fourth-order valence-electron chi connectivity index (χ4n) is 1.54. The second kappa shape index (κ2) is 5.48. The maximum Gasteiger partial charge on any atom is 0.136 e. The topological polar surface area (TPSA) is 9.23 Å². The molecule has 0 saturated heterocycles. The van der Waals surface area contributed by atoms with Crippen LogP contribution in [0.1, 0.15) is 11.1 Å². The van der Waals surface area contributed by atoms with E-state index >= 15 is 0 Å². The van der Waals surface area contributed by atoms with Gasteiger partial charge in [-0.25, -0.2) is 8.78 Å². The van der Waals surface area contributed by atoms with Crippen LogP contribution < -0.4 is 4.74 Å². The highest BCUT2D eigenvalue weighted by atomic mass is 79.9. The lowest BCUT2D eigenvalue weighted by molar-refractivity contribution is 0.301. The highest BCUT2D eigenvalue weighted by Gasteiger charge is 2.05. The van der Waals surface area contributed by atoms with Gasteiger partial charge in [-0.05, 0) is 58.2 Å². The van der Waals surface area contributed by atoms with Gasteiger partial charge in [0, 0.05) is 6.07 Å². The van der Waals surface area contributed by atoms with Crippen molar-refractivity contribution >= 4 is 15.9 Å². The molecule has 0 fully saturated rings. The molecular formula is C14H11BrF2O. The summed E-state index contributed by atoms with van der Waals surface area (Å²) in [5.74, 6) is -0.277. The van der Waals surface area contributed by atoms with E-state index in [4.69, 9.17) is 4.74 Å². The van der Waals surface area contributed by atoms with Gasteiger partial charge in [-0.2, -0.15) is 0 Å². The molecule has 0 saturated carbocycles. The Morgan fingerprint density at radius 3 is 2.50 bits per heavy atom. The Hall–Kier alpha value is -1.42. The van der Waals surface area contributed by atoms with Crippen molar-refractivity contribution in [1.82, 2.24) is 0 Å². The van der Waals surface area contributed by atoms with Crippen LogP contribution in [-0.4, -0.2) is 0 Å². The van der Waals surface area contributed by atoms with Crippen molar-refractivity contribution in [1.29, 1.82) is 0 Å². The Morgan fingerprint density at radius 1 is 1.06 bits per heavy atom. The number of aryl methyl sites for hydroxylation is 1. The number of hydrogen-bond acceptors (Lipinski definition) is 1. The molecule has 0 radical (unpaired) electrons. The van der Waals surface area contributed by atoms with Crippen molar-refractivity contribution in [2.45, 2.75) is 13.5 Å². The molecule has 2 aromatic rings. The van der Waals surface area contributed by atoms with Gasteiger partial charge in [0.05, 0.1) is 4.47 Å². The standard InChI is InChI=1S/C14H11BrF2O/c1-9-2-3-11(16)6-10(9)8-18-14-7-12(17)4-5-13(14)15/h2-7H,8H2,1H3. The summed E-state index contributed by atoms with van der Waals surface area (Å²) in [4.78, 5) is 0. The Kier molecular flexibility index (Phi) is 3.97. The van der Waals surface area contributed by atoms with Gasteiger partial charge < -0.3 is 4.74 Å². The molecule has 0 atom stereocenters. The first-order chi connectivity index (χ1) is 8.56. The Morgan fingerprint density at radius 2 is 1.72 bits per heavy atom. The summed E-state index contributed by atoms with van der Waals surface area (Å²) in [7, 11) is 0. The molecule has 1 nitrogen and oxygen atoms in total. The van der Waals surface area contributed by atoms with Gasteiger partial charge in [0.25, 0.3) is 0 Å². The summed E-state index contributed by atoms with van der Waals surface area (Å²) in [5.41, 5.74) is 1.68. The smallest absolute Gasteiger partial charge is 0.136 e. The van der Waals surface area contributed by atoms with Crippen molar-refractivity contribution in [3.8, 4) is 5.75 Å². The maximum absolute atomic E-state index is 13.1. The molecule has 94 valence electrons. The Balaban J connectivity index is 2.16. The van der Waals surface area contributed by atoms with Crippen LogP contribution in [0.25, 0.3) is 0 Å². The molecule has 2 aromatic carbocycles. The summed E-state index contributed by atoms with van der Waals surface area (Å²) in [6.45, 7) is 2.07. The van der Waals surface area contributed by atoms with E-state index in [9.17, 15) is 8.78 Å². The molecule has 0 N–H and O–H groups in total. The van der Waals surface area contributed by atoms with Gasteiger partial charge in [-0.3, -0.25) is 0 Å². The van der Waals surface area contributed by atoms with E-state index in [0.29, 0.717) is 10.2 Å². The van der Waals surface area contributed by atoms with Crippen LogP contribution in [0.4, 0.5) is 8.78 Å². The van der Waals surface area contributed by atoms with Crippen LogP contribution in [0.3, 0.4) is 0 Å². The van der Waals surface area contributed by atoms with E-state index in [1.54, 1.807) is 12.1 Å². The lowest BCUT2D eigenvalue weighted by Crippen LogP contribution is -1.99. The minimum atomic E-state index is -0.371. The fourth-order valence-corrected chi connectivity index (χ4v) is 1.90. The Labute approximate surface area is 113 Å². The van der Waals surface area contributed by atoms with Gasteiger partial charge in [-0.1, -0.05) is 6.07 Å². The molecule has 0 bridgehead atoms. The van der Waals surface area contributed by atoms with Gasteiger partial charge in [-0.15, -0.1) is 0 Å². The third-order valence-electron chi connectivity index (χ3n) is 2.59. The van der Waals surface area contributed by atoms with Crippen LogP contribution in [0.2, 0.25) is 0 Å². The number of ether oxygens (including phenoxy) is 1. The van der Waals surface area contributed by atoms with Crippen LogP contribution in [-0.2, 0) is 6.61 Å². The number of rotatable bonds is 3.